The lowest BCUT2D eigenvalue weighted by atomic mass is 10.1. The van der Waals surface area contributed by atoms with E-state index in [4.69, 9.17) is 4.74 Å². The summed E-state index contributed by atoms with van der Waals surface area (Å²) in [6.07, 6.45) is 3.29. The van der Waals surface area contributed by atoms with Gasteiger partial charge in [0, 0.05) is 17.0 Å². The lowest BCUT2D eigenvalue weighted by Crippen LogP contribution is -2.05. The van der Waals surface area contributed by atoms with Gasteiger partial charge in [-0.05, 0) is 32.0 Å². The van der Waals surface area contributed by atoms with E-state index in [9.17, 15) is 5.11 Å². The highest BCUT2D eigenvalue weighted by Crippen LogP contribution is 2.26. The van der Waals surface area contributed by atoms with E-state index in [0.29, 0.717) is 0 Å². The number of rotatable bonds is 2. The zero-order chi connectivity index (χ0) is 10.8. The highest BCUT2D eigenvalue weighted by atomic mass is 16.5. The number of nitrogens with zero attached hydrogens (tertiary/aromatic N) is 1. The van der Waals surface area contributed by atoms with Crippen molar-refractivity contribution in [2.45, 2.75) is 20.0 Å². The first kappa shape index (κ1) is 9.77. The summed E-state index contributed by atoms with van der Waals surface area (Å²) in [7, 11) is 0. The van der Waals surface area contributed by atoms with Crippen LogP contribution in [0.25, 0.3) is 10.8 Å². The van der Waals surface area contributed by atoms with E-state index in [0.717, 1.165) is 16.5 Å². The summed E-state index contributed by atoms with van der Waals surface area (Å²) in [6, 6.07) is 5.56. The third kappa shape index (κ3) is 2.01. The molecule has 15 heavy (non-hydrogen) atoms. The van der Waals surface area contributed by atoms with Gasteiger partial charge in [-0.3, -0.25) is 4.98 Å². The van der Waals surface area contributed by atoms with E-state index in [-0.39, 0.29) is 11.9 Å². The van der Waals surface area contributed by atoms with Gasteiger partial charge in [0.1, 0.15) is 11.5 Å². The molecule has 1 aromatic carbocycles. The molecule has 3 nitrogen and oxygen atoms in total. The standard InChI is InChI=1S/C12H13NO2/c1-8(2)15-10-3-4-11-9(5-10)6-13-7-12(11)14/h3-8,14H,1-2H3. The van der Waals surface area contributed by atoms with Gasteiger partial charge < -0.3 is 9.84 Å². The second-order valence-electron chi connectivity index (χ2n) is 3.71. The fourth-order valence-electron chi connectivity index (χ4n) is 1.48. The molecule has 1 N–H and O–H groups in total. The molecule has 0 amide bonds. The second-order valence-corrected chi connectivity index (χ2v) is 3.71. The van der Waals surface area contributed by atoms with Gasteiger partial charge in [0.05, 0.1) is 12.3 Å². The Morgan fingerprint density at radius 1 is 1.27 bits per heavy atom. The van der Waals surface area contributed by atoms with E-state index in [2.05, 4.69) is 4.98 Å². The molecule has 0 spiro atoms. The Labute approximate surface area is 88.3 Å². The van der Waals surface area contributed by atoms with Crippen LogP contribution in [0.1, 0.15) is 13.8 Å². The number of benzene rings is 1. The topological polar surface area (TPSA) is 42.4 Å². The van der Waals surface area contributed by atoms with Crippen molar-refractivity contribution < 1.29 is 9.84 Å². The Balaban J connectivity index is 2.48. The van der Waals surface area contributed by atoms with Gasteiger partial charge in [0.15, 0.2) is 0 Å². The monoisotopic (exact) mass is 203 g/mol. The van der Waals surface area contributed by atoms with Crippen LogP contribution in [0, 0.1) is 0 Å². The van der Waals surface area contributed by atoms with Gasteiger partial charge in [0.2, 0.25) is 0 Å². The van der Waals surface area contributed by atoms with Crippen LogP contribution >= 0.6 is 0 Å². The van der Waals surface area contributed by atoms with Crippen LogP contribution in [0.5, 0.6) is 11.5 Å². The molecule has 2 rings (SSSR count). The van der Waals surface area contributed by atoms with E-state index >= 15 is 0 Å². The minimum Gasteiger partial charge on any atom is -0.506 e. The highest BCUT2D eigenvalue weighted by Gasteiger charge is 2.02. The third-order valence-corrected chi connectivity index (χ3v) is 2.08. The van der Waals surface area contributed by atoms with Crippen LogP contribution in [0.15, 0.2) is 30.6 Å². The summed E-state index contributed by atoms with van der Waals surface area (Å²) < 4.78 is 5.55. The van der Waals surface area contributed by atoms with Crippen LogP contribution in [0.4, 0.5) is 0 Å². The molecule has 78 valence electrons. The number of fused-ring (bicyclic) bond motifs is 1. The largest absolute Gasteiger partial charge is 0.506 e. The van der Waals surface area contributed by atoms with Crippen LogP contribution in [0.3, 0.4) is 0 Å². The van der Waals surface area contributed by atoms with Crippen molar-refractivity contribution in [3.8, 4) is 11.5 Å². The summed E-state index contributed by atoms with van der Waals surface area (Å²) in [4.78, 5) is 3.93. The summed E-state index contributed by atoms with van der Waals surface area (Å²) in [6.45, 7) is 3.95. The molecule has 3 heteroatoms. The van der Waals surface area contributed by atoms with E-state index in [1.807, 2.05) is 32.0 Å². The first-order valence-electron chi connectivity index (χ1n) is 4.90. The normalized spacial score (nSPS) is 10.9. The maximum Gasteiger partial charge on any atom is 0.141 e. The van der Waals surface area contributed by atoms with E-state index < -0.39 is 0 Å². The predicted octanol–water partition coefficient (Wildman–Crippen LogP) is 2.73. The summed E-state index contributed by atoms with van der Waals surface area (Å²) in [5.74, 6) is 0.994. The molecule has 1 aromatic heterocycles. The smallest absolute Gasteiger partial charge is 0.141 e. The Morgan fingerprint density at radius 2 is 2.07 bits per heavy atom. The zero-order valence-electron chi connectivity index (χ0n) is 8.77. The van der Waals surface area contributed by atoms with Crippen molar-refractivity contribution in [3.63, 3.8) is 0 Å². The molecule has 0 saturated heterocycles. The van der Waals surface area contributed by atoms with Gasteiger partial charge in [-0.15, -0.1) is 0 Å². The van der Waals surface area contributed by atoms with Crippen molar-refractivity contribution in [2.75, 3.05) is 0 Å². The third-order valence-electron chi connectivity index (χ3n) is 2.08. The van der Waals surface area contributed by atoms with Gasteiger partial charge >= 0.3 is 0 Å². The molecule has 0 atom stereocenters. The van der Waals surface area contributed by atoms with Crippen molar-refractivity contribution in [3.05, 3.63) is 30.6 Å². The Morgan fingerprint density at radius 3 is 2.80 bits per heavy atom. The lowest BCUT2D eigenvalue weighted by molar-refractivity contribution is 0.243. The van der Waals surface area contributed by atoms with Crippen molar-refractivity contribution in [1.29, 1.82) is 0 Å². The minimum atomic E-state index is 0.146. The van der Waals surface area contributed by atoms with Crippen molar-refractivity contribution in [1.82, 2.24) is 4.98 Å². The molecular weight excluding hydrogens is 190 g/mol. The maximum absolute atomic E-state index is 9.54. The summed E-state index contributed by atoms with van der Waals surface area (Å²) >= 11 is 0. The lowest BCUT2D eigenvalue weighted by Gasteiger charge is -2.10. The van der Waals surface area contributed by atoms with E-state index in [1.165, 1.54) is 6.20 Å². The molecule has 0 fully saturated rings. The second kappa shape index (κ2) is 3.77. The number of ether oxygens (including phenoxy) is 1. The zero-order valence-corrected chi connectivity index (χ0v) is 8.77. The quantitative estimate of drug-likeness (QED) is 0.816. The van der Waals surface area contributed by atoms with Gasteiger partial charge in [0.25, 0.3) is 0 Å². The number of aromatic hydroxyl groups is 1. The average Bonchev–Trinajstić information content (AvgIpc) is 2.17. The van der Waals surface area contributed by atoms with Crippen LogP contribution in [0.2, 0.25) is 0 Å². The first-order chi connectivity index (χ1) is 7.16. The predicted molar refractivity (Wildman–Crippen MR) is 59.2 cm³/mol. The number of hydrogen-bond donors (Lipinski definition) is 1. The van der Waals surface area contributed by atoms with E-state index in [1.54, 1.807) is 6.20 Å². The molecule has 0 aliphatic heterocycles. The van der Waals surface area contributed by atoms with Crippen LogP contribution < -0.4 is 4.74 Å². The Bertz CT molecular complexity index is 480. The molecule has 1 heterocycles. The molecule has 0 aliphatic rings. The molecule has 0 aliphatic carbocycles. The number of pyridine rings is 1. The van der Waals surface area contributed by atoms with Crippen LogP contribution in [-0.4, -0.2) is 16.2 Å². The van der Waals surface area contributed by atoms with Crippen molar-refractivity contribution in [2.24, 2.45) is 0 Å². The molecular formula is C12H13NO2. The summed E-state index contributed by atoms with van der Waals surface area (Å²) in [5.41, 5.74) is 0. The maximum atomic E-state index is 9.54. The highest BCUT2D eigenvalue weighted by molar-refractivity contribution is 5.88. The molecule has 0 saturated carbocycles. The fraction of sp³-hybridized carbons (Fsp3) is 0.250. The average molecular weight is 203 g/mol. The molecule has 0 bridgehead atoms. The van der Waals surface area contributed by atoms with Gasteiger partial charge in [-0.25, -0.2) is 0 Å². The number of hydrogen-bond acceptors (Lipinski definition) is 3. The molecule has 0 unspecified atom stereocenters. The van der Waals surface area contributed by atoms with Crippen molar-refractivity contribution >= 4 is 10.8 Å². The Hall–Kier alpha value is -1.77. The minimum absolute atomic E-state index is 0.146. The first-order valence-corrected chi connectivity index (χ1v) is 4.90. The molecule has 0 radical (unpaired) electrons. The van der Waals surface area contributed by atoms with Crippen LogP contribution in [-0.2, 0) is 0 Å². The Kier molecular flexibility index (Phi) is 2.46. The van der Waals surface area contributed by atoms with Gasteiger partial charge in [-0.2, -0.15) is 0 Å². The SMILES string of the molecule is CC(C)Oc1ccc2c(O)cncc2c1. The van der Waals surface area contributed by atoms with Gasteiger partial charge in [-0.1, -0.05) is 0 Å². The number of aromatic nitrogens is 1. The molecule has 2 aromatic rings. The fourth-order valence-corrected chi connectivity index (χ4v) is 1.48. The summed E-state index contributed by atoms with van der Waals surface area (Å²) in [5, 5.41) is 11.2.